The van der Waals surface area contributed by atoms with Crippen LogP contribution in [0.4, 0.5) is 14.5 Å². The van der Waals surface area contributed by atoms with Gasteiger partial charge in [0.25, 0.3) is 0 Å². The maximum atomic E-state index is 13.4. The van der Waals surface area contributed by atoms with Gasteiger partial charge in [-0.25, -0.2) is 18.4 Å². The van der Waals surface area contributed by atoms with E-state index in [0.29, 0.717) is 6.54 Å². The van der Waals surface area contributed by atoms with Gasteiger partial charge in [0.2, 0.25) is 0 Å². The smallest absolute Gasteiger partial charge is 0.149 e. The van der Waals surface area contributed by atoms with Gasteiger partial charge >= 0.3 is 0 Å². The van der Waals surface area contributed by atoms with Crippen LogP contribution in [0, 0.1) is 11.6 Å². The first kappa shape index (κ1) is 12.5. The Balaban J connectivity index is 2.04. The second kappa shape index (κ2) is 5.57. The molecule has 1 aromatic carbocycles. The number of benzene rings is 1. The second-order valence-corrected chi connectivity index (χ2v) is 3.88. The number of hydrogen-bond donors (Lipinski definition) is 1. The molecule has 96 valence electrons. The highest BCUT2D eigenvalue weighted by molar-refractivity contribution is 5.44. The molecule has 0 atom stereocenters. The number of nitrogens with zero attached hydrogens (tertiary/aromatic N) is 3. The van der Waals surface area contributed by atoms with E-state index in [1.54, 1.807) is 4.68 Å². The Morgan fingerprint density at radius 1 is 1.33 bits per heavy atom. The van der Waals surface area contributed by atoms with E-state index in [1.165, 1.54) is 18.5 Å². The van der Waals surface area contributed by atoms with Crippen LogP contribution in [-0.2, 0) is 13.1 Å². The molecule has 0 saturated carbocycles. The summed E-state index contributed by atoms with van der Waals surface area (Å²) in [5.74, 6) is -0.482. The normalized spacial score (nSPS) is 10.6. The van der Waals surface area contributed by atoms with Crippen molar-refractivity contribution in [3.8, 4) is 0 Å². The van der Waals surface area contributed by atoms with Crippen LogP contribution in [0.25, 0.3) is 0 Å². The first-order valence-electron chi connectivity index (χ1n) is 5.76. The van der Waals surface area contributed by atoms with Crippen LogP contribution in [0.15, 0.2) is 24.5 Å². The Morgan fingerprint density at radius 3 is 2.89 bits per heavy atom. The Kier molecular flexibility index (Phi) is 3.86. The molecule has 6 heteroatoms. The lowest BCUT2D eigenvalue weighted by atomic mass is 10.3. The topological polar surface area (TPSA) is 42.7 Å². The van der Waals surface area contributed by atoms with Crippen molar-refractivity contribution >= 4 is 5.69 Å². The van der Waals surface area contributed by atoms with Crippen LogP contribution in [0.5, 0.6) is 0 Å². The summed E-state index contributed by atoms with van der Waals surface area (Å²) in [4.78, 5) is 4.09. The number of aryl methyl sites for hydroxylation is 1. The molecule has 0 aliphatic heterocycles. The summed E-state index contributed by atoms with van der Waals surface area (Å²) in [7, 11) is 0. The van der Waals surface area contributed by atoms with Gasteiger partial charge in [0.1, 0.15) is 23.8 Å². The predicted molar refractivity (Wildman–Crippen MR) is 64.0 cm³/mol. The molecule has 2 aromatic rings. The van der Waals surface area contributed by atoms with Crippen LogP contribution in [0.1, 0.15) is 19.2 Å². The number of hydrogen-bond acceptors (Lipinski definition) is 3. The van der Waals surface area contributed by atoms with Crippen molar-refractivity contribution in [2.24, 2.45) is 0 Å². The van der Waals surface area contributed by atoms with Crippen molar-refractivity contribution in [1.82, 2.24) is 14.8 Å². The number of aromatic nitrogens is 3. The van der Waals surface area contributed by atoms with Crippen molar-refractivity contribution in [3.63, 3.8) is 0 Å². The van der Waals surface area contributed by atoms with E-state index in [2.05, 4.69) is 15.4 Å². The molecule has 0 spiro atoms. The highest BCUT2D eigenvalue weighted by atomic mass is 19.1. The van der Waals surface area contributed by atoms with Crippen molar-refractivity contribution < 1.29 is 8.78 Å². The van der Waals surface area contributed by atoms with Crippen molar-refractivity contribution in [3.05, 3.63) is 42.0 Å². The highest BCUT2D eigenvalue weighted by Crippen LogP contribution is 2.15. The third kappa shape index (κ3) is 2.82. The lowest BCUT2D eigenvalue weighted by Crippen LogP contribution is -2.10. The third-order valence-corrected chi connectivity index (χ3v) is 2.50. The molecule has 0 aliphatic rings. The van der Waals surface area contributed by atoms with E-state index in [9.17, 15) is 8.78 Å². The first-order chi connectivity index (χ1) is 8.70. The van der Waals surface area contributed by atoms with Gasteiger partial charge in [0, 0.05) is 12.6 Å². The molecular formula is C12H14F2N4. The van der Waals surface area contributed by atoms with Gasteiger partial charge in [-0.05, 0) is 18.6 Å². The van der Waals surface area contributed by atoms with Crippen molar-refractivity contribution in [2.75, 3.05) is 5.32 Å². The molecule has 0 fully saturated rings. The van der Waals surface area contributed by atoms with Gasteiger partial charge in [-0.2, -0.15) is 5.10 Å². The minimum absolute atomic E-state index is 0.252. The first-order valence-corrected chi connectivity index (χ1v) is 5.76. The summed E-state index contributed by atoms with van der Waals surface area (Å²) in [5, 5.41) is 6.94. The summed E-state index contributed by atoms with van der Waals surface area (Å²) in [6.07, 6.45) is 2.41. The van der Waals surface area contributed by atoms with E-state index in [1.807, 2.05) is 6.92 Å². The maximum Gasteiger partial charge on any atom is 0.149 e. The zero-order valence-corrected chi connectivity index (χ0v) is 10.0. The van der Waals surface area contributed by atoms with Gasteiger partial charge in [-0.3, -0.25) is 0 Å². The lowest BCUT2D eigenvalue weighted by molar-refractivity contribution is 0.570. The van der Waals surface area contributed by atoms with E-state index < -0.39 is 11.6 Å². The van der Waals surface area contributed by atoms with Gasteiger partial charge < -0.3 is 5.32 Å². The van der Waals surface area contributed by atoms with E-state index >= 15 is 0 Å². The van der Waals surface area contributed by atoms with Crippen LogP contribution in [0.2, 0.25) is 0 Å². The number of halogens is 2. The number of anilines is 1. The van der Waals surface area contributed by atoms with Crippen LogP contribution >= 0.6 is 0 Å². The Morgan fingerprint density at radius 2 is 2.17 bits per heavy atom. The molecule has 0 unspecified atom stereocenters. The third-order valence-electron chi connectivity index (χ3n) is 2.50. The molecule has 4 nitrogen and oxygen atoms in total. The number of rotatable bonds is 5. The molecule has 0 radical (unpaired) electrons. The summed E-state index contributed by atoms with van der Waals surface area (Å²) < 4.78 is 27.9. The number of nitrogens with one attached hydrogen (secondary N) is 1. The average molecular weight is 252 g/mol. The summed E-state index contributed by atoms with van der Waals surface area (Å²) in [5.41, 5.74) is 0.252. The Hall–Kier alpha value is -1.98. The predicted octanol–water partition coefficient (Wildman–Crippen LogP) is 2.58. The zero-order chi connectivity index (χ0) is 13.0. The molecule has 2 rings (SSSR count). The fourth-order valence-corrected chi connectivity index (χ4v) is 1.63. The molecule has 1 N–H and O–H groups in total. The van der Waals surface area contributed by atoms with Gasteiger partial charge in [0.05, 0.1) is 12.2 Å². The van der Waals surface area contributed by atoms with Crippen LogP contribution < -0.4 is 5.32 Å². The summed E-state index contributed by atoms with van der Waals surface area (Å²) >= 11 is 0. The fraction of sp³-hybridized carbons (Fsp3) is 0.333. The van der Waals surface area contributed by atoms with Crippen molar-refractivity contribution in [2.45, 2.75) is 26.4 Å². The largest absolute Gasteiger partial charge is 0.375 e. The van der Waals surface area contributed by atoms with Gasteiger partial charge in [-0.15, -0.1) is 0 Å². The fourth-order valence-electron chi connectivity index (χ4n) is 1.63. The van der Waals surface area contributed by atoms with E-state index in [4.69, 9.17) is 0 Å². The second-order valence-electron chi connectivity index (χ2n) is 3.88. The van der Waals surface area contributed by atoms with Gasteiger partial charge in [-0.1, -0.05) is 6.92 Å². The summed E-state index contributed by atoms with van der Waals surface area (Å²) in [6, 6.07) is 3.42. The Bertz CT molecular complexity index is 525. The van der Waals surface area contributed by atoms with E-state index in [-0.39, 0.29) is 5.69 Å². The molecule has 18 heavy (non-hydrogen) atoms. The van der Waals surface area contributed by atoms with Crippen LogP contribution in [-0.4, -0.2) is 14.8 Å². The molecule has 0 amide bonds. The SMILES string of the molecule is CCCn1ncnc1CNc1ccc(F)cc1F. The molecule has 0 bridgehead atoms. The van der Waals surface area contributed by atoms with Crippen LogP contribution in [0.3, 0.4) is 0 Å². The molecular weight excluding hydrogens is 238 g/mol. The molecule has 0 aliphatic carbocycles. The van der Waals surface area contributed by atoms with E-state index in [0.717, 1.165) is 24.9 Å². The molecule has 0 saturated heterocycles. The van der Waals surface area contributed by atoms with Crippen molar-refractivity contribution in [1.29, 1.82) is 0 Å². The zero-order valence-electron chi connectivity index (χ0n) is 10.0. The highest BCUT2D eigenvalue weighted by Gasteiger charge is 2.06. The standard InChI is InChI=1S/C12H14F2N4/c1-2-5-18-12(16-8-17-18)7-15-11-4-3-9(13)6-10(11)14/h3-4,6,8,15H,2,5,7H2,1H3. The monoisotopic (exact) mass is 252 g/mol. The molecule has 1 heterocycles. The summed E-state index contributed by atoms with van der Waals surface area (Å²) in [6.45, 7) is 3.16. The quantitative estimate of drug-likeness (QED) is 0.889. The average Bonchev–Trinajstić information content (AvgIpc) is 2.76. The lowest BCUT2D eigenvalue weighted by Gasteiger charge is -2.08. The minimum Gasteiger partial charge on any atom is -0.375 e. The Labute approximate surface area is 104 Å². The molecule has 1 aromatic heterocycles. The minimum atomic E-state index is -0.614. The van der Waals surface area contributed by atoms with Gasteiger partial charge in [0.15, 0.2) is 0 Å². The maximum absolute atomic E-state index is 13.4.